The van der Waals surface area contributed by atoms with Gasteiger partial charge in [-0.25, -0.2) is 4.79 Å². The van der Waals surface area contributed by atoms with Crippen LogP contribution in [0.3, 0.4) is 0 Å². The Morgan fingerprint density at radius 2 is 2.07 bits per heavy atom. The lowest BCUT2D eigenvalue weighted by Crippen LogP contribution is -2.23. The second-order valence-corrected chi connectivity index (χ2v) is 3.87. The molecule has 3 nitrogen and oxygen atoms in total. The molecule has 0 heterocycles. The molecule has 0 saturated heterocycles. The Labute approximate surface area is 93.6 Å². The predicted molar refractivity (Wildman–Crippen MR) is 58.7 cm³/mol. The fourth-order valence-corrected chi connectivity index (χ4v) is 1.39. The summed E-state index contributed by atoms with van der Waals surface area (Å²) < 4.78 is 5.24. The molecule has 0 bridgehead atoms. The highest BCUT2D eigenvalue weighted by atomic mass is 35.5. The number of halogens is 1. The zero-order valence-electron chi connectivity index (χ0n) is 8.87. The fraction of sp³-hybridized carbons (Fsp3) is 0.364. The van der Waals surface area contributed by atoms with Crippen molar-refractivity contribution >= 4 is 17.6 Å². The summed E-state index contributed by atoms with van der Waals surface area (Å²) in [6.45, 7) is 5.23. The van der Waals surface area contributed by atoms with Crippen LogP contribution in [0.4, 0.5) is 0 Å². The smallest absolute Gasteiger partial charge is 0.344 e. The second kappa shape index (κ2) is 4.53. The van der Waals surface area contributed by atoms with Crippen LogP contribution in [0.2, 0.25) is 5.02 Å². The van der Waals surface area contributed by atoms with Crippen molar-refractivity contribution < 1.29 is 14.6 Å². The summed E-state index contributed by atoms with van der Waals surface area (Å²) in [7, 11) is 0. The summed E-state index contributed by atoms with van der Waals surface area (Å²) in [6, 6.07) is 3.65. The molecule has 1 aromatic rings. The van der Waals surface area contributed by atoms with Gasteiger partial charge >= 0.3 is 5.97 Å². The number of rotatable bonds is 3. The molecule has 0 aliphatic rings. The van der Waals surface area contributed by atoms with Gasteiger partial charge in [0.15, 0.2) is 6.10 Å². The van der Waals surface area contributed by atoms with Crippen LogP contribution < -0.4 is 4.74 Å². The molecule has 1 unspecified atom stereocenters. The minimum absolute atomic E-state index is 0.420. The SMILES string of the molecule is Cc1cc(C)c(Cl)c(OC(C)C(=O)O)c1. The van der Waals surface area contributed by atoms with Crippen molar-refractivity contribution in [3.05, 3.63) is 28.3 Å². The Balaban J connectivity index is 2.99. The molecule has 4 heteroatoms. The maximum Gasteiger partial charge on any atom is 0.344 e. The van der Waals surface area contributed by atoms with Crippen molar-refractivity contribution in [2.24, 2.45) is 0 Å². The van der Waals surface area contributed by atoms with E-state index in [4.69, 9.17) is 21.4 Å². The lowest BCUT2D eigenvalue weighted by Gasteiger charge is -2.13. The second-order valence-electron chi connectivity index (χ2n) is 3.49. The van der Waals surface area contributed by atoms with Crippen LogP contribution in [0, 0.1) is 13.8 Å². The van der Waals surface area contributed by atoms with Gasteiger partial charge in [0.05, 0.1) is 5.02 Å². The van der Waals surface area contributed by atoms with Crippen molar-refractivity contribution in [2.75, 3.05) is 0 Å². The summed E-state index contributed by atoms with van der Waals surface area (Å²) >= 11 is 6.00. The van der Waals surface area contributed by atoms with E-state index in [1.807, 2.05) is 19.9 Å². The maximum atomic E-state index is 10.6. The molecule has 0 saturated carbocycles. The molecular formula is C11H13ClO3. The van der Waals surface area contributed by atoms with Gasteiger partial charge in [0, 0.05) is 0 Å². The molecule has 1 atom stereocenters. The van der Waals surface area contributed by atoms with E-state index in [1.54, 1.807) is 6.07 Å². The number of hydrogen-bond acceptors (Lipinski definition) is 2. The first kappa shape index (κ1) is 11.9. The van der Waals surface area contributed by atoms with Gasteiger partial charge in [0.2, 0.25) is 0 Å². The van der Waals surface area contributed by atoms with Crippen LogP contribution in [0.25, 0.3) is 0 Å². The summed E-state index contributed by atoms with van der Waals surface area (Å²) in [5, 5.41) is 9.17. The fourth-order valence-electron chi connectivity index (χ4n) is 1.24. The summed E-state index contributed by atoms with van der Waals surface area (Å²) in [6.07, 6.45) is -0.899. The third-order valence-corrected chi connectivity index (χ3v) is 2.50. The van der Waals surface area contributed by atoms with Crippen LogP contribution in [0.5, 0.6) is 5.75 Å². The molecule has 1 N–H and O–H groups in total. The Morgan fingerprint density at radius 3 is 2.60 bits per heavy atom. The Kier molecular flexibility index (Phi) is 3.58. The third kappa shape index (κ3) is 2.86. The van der Waals surface area contributed by atoms with Gasteiger partial charge in [-0.1, -0.05) is 17.7 Å². The van der Waals surface area contributed by atoms with E-state index in [1.165, 1.54) is 6.92 Å². The van der Waals surface area contributed by atoms with E-state index in [9.17, 15) is 4.79 Å². The first-order valence-corrected chi connectivity index (χ1v) is 4.96. The standard InChI is InChI=1S/C11H13ClO3/c1-6-4-7(2)10(12)9(5-6)15-8(3)11(13)14/h4-5,8H,1-3H3,(H,13,14). The minimum atomic E-state index is -1.01. The largest absolute Gasteiger partial charge is 0.479 e. The van der Waals surface area contributed by atoms with E-state index >= 15 is 0 Å². The zero-order valence-corrected chi connectivity index (χ0v) is 9.63. The van der Waals surface area contributed by atoms with Crippen molar-refractivity contribution in [3.8, 4) is 5.75 Å². The number of hydrogen-bond donors (Lipinski definition) is 1. The van der Waals surface area contributed by atoms with Crippen LogP contribution in [0.1, 0.15) is 18.1 Å². The van der Waals surface area contributed by atoms with E-state index < -0.39 is 12.1 Å². The highest BCUT2D eigenvalue weighted by Crippen LogP contribution is 2.30. The van der Waals surface area contributed by atoms with Gasteiger partial charge in [-0.15, -0.1) is 0 Å². The number of carboxylic acid groups (broad SMARTS) is 1. The Hall–Kier alpha value is -1.22. The molecule has 1 aromatic carbocycles. The van der Waals surface area contributed by atoms with Gasteiger partial charge in [0.25, 0.3) is 0 Å². The number of carbonyl (C=O) groups is 1. The molecule has 0 spiro atoms. The van der Waals surface area contributed by atoms with E-state index in [0.717, 1.165) is 11.1 Å². The summed E-state index contributed by atoms with van der Waals surface area (Å²) in [4.78, 5) is 10.6. The van der Waals surface area contributed by atoms with Gasteiger partial charge in [-0.3, -0.25) is 0 Å². The van der Waals surface area contributed by atoms with Gasteiger partial charge in [-0.2, -0.15) is 0 Å². The highest BCUT2D eigenvalue weighted by molar-refractivity contribution is 6.32. The topological polar surface area (TPSA) is 46.5 Å². The molecule has 15 heavy (non-hydrogen) atoms. The van der Waals surface area contributed by atoms with Crippen LogP contribution in [0.15, 0.2) is 12.1 Å². The van der Waals surface area contributed by atoms with Crippen LogP contribution in [-0.4, -0.2) is 17.2 Å². The molecule has 0 amide bonds. The molecular weight excluding hydrogens is 216 g/mol. The summed E-state index contributed by atoms with van der Waals surface area (Å²) in [5.74, 6) is -0.589. The monoisotopic (exact) mass is 228 g/mol. The van der Waals surface area contributed by atoms with Gasteiger partial charge in [-0.05, 0) is 38.0 Å². The predicted octanol–water partition coefficient (Wildman–Crippen LogP) is 2.81. The first-order valence-electron chi connectivity index (χ1n) is 4.58. The number of ether oxygens (including phenoxy) is 1. The number of aryl methyl sites for hydroxylation is 2. The first-order chi connectivity index (χ1) is 6.91. The number of aliphatic carboxylic acids is 1. The Morgan fingerprint density at radius 1 is 1.47 bits per heavy atom. The number of benzene rings is 1. The van der Waals surface area contributed by atoms with Gasteiger partial charge in [0.1, 0.15) is 5.75 Å². The van der Waals surface area contributed by atoms with E-state index in [2.05, 4.69) is 0 Å². The van der Waals surface area contributed by atoms with Gasteiger partial charge < -0.3 is 9.84 Å². The quantitative estimate of drug-likeness (QED) is 0.866. The average molecular weight is 229 g/mol. The molecule has 0 fully saturated rings. The molecule has 0 aromatic heterocycles. The van der Waals surface area contributed by atoms with Crippen molar-refractivity contribution in [1.82, 2.24) is 0 Å². The van der Waals surface area contributed by atoms with Crippen LogP contribution in [-0.2, 0) is 4.79 Å². The lowest BCUT2D eigenvalue weighted by atomic mass is 10.1. The molecule has 0 radical (unpaired) electrons. The van der Waals surface area contributed by atoms with Crippen LogP contribution >= 0.6 is 11.6 Å². The lowest BCUT2D eigenvalue weighted by molar-refractivity contribution is -0.144. The molecule has 82 valence electrons. The van der Waals surface area contributed by atoms with Crippen molar-refractivity contribution in [3.63, 3.8) is 0 Å². The molecule has 0 aliphatic carbocycles. The third-order valence-electron chi connectivity index (χ3n) is 2.02. The molecule has 0 aliphatic heterocycles. The maximum absolute atomic E-state index is 10.6. The normalized spacial score (nSPS) is 12.3. The average Bonchev–Trinajstić information content (AvgIpc) is 2.13. The highest BCUT2D eigenvalue weighted by Gasteiger charge is 2.15. The van der Waals surface area contributed by atoms with Crippen molar-refractivity contribution in [2.45, 2.75) is 26.9 Å². The Bertz CT molecular complexity index is 388. The number of carboxylic acids is 1. The zero-order chi connectivity index (χ0) is 11.6. The van der Waals surface area contributed by atoms with E-state index in [0.29, 0.717) is 10.8 Å². The van der Waals surface area contributed by atoms with Crippen molar-refractivity contribution in [1.29, 1.82) is 0 Å². The summed E-state index contributed by atoms with van der Waals surface area (Å²) in [5.41, 5.74) is 1.87. The molecule has 1 rings (SSSR count). The minimum Gasteiger partial charge on any atom is -0.479 e. The van der Waals surface area contributed by atoms with E-state index in [-0.39, 0.29) is 0 Å².